The Hall–Kier alpha value is -0.820. The largest absolute Gasteiger partial charge is 0.481 e. The van der Waals surface area contributed by atoms with Gasteiger partial charge in [-0.2, -0.15) is 0 Å². The van der Waals surface area contributed by atoms with Crippen molar-refractivity contribution in [2.24, 2.45) is 11.8 Å². The number of carboxylic acid groups (broad SMARTS) is 1. The lowest BCUT2D eigenvalue weighted by Gasteiger charge is -2.17. The van der Waals surface area contributed by atoms with E-state index in [9.17, 15) is 13.2 Å². The van der Waals surface area contributed by atoms with E-state index in [0.29, 0.717) is 0 Å². The summed E-state index contributed by atoms with van der Waals surface area (Å²) in [6.45, 7) is 3.18. The van der Waals surface area contributed by atoms with Crippen LogP contribution in [0.3, 0.4) is 0 Å². The Morgan fingerprint density at radius 3 is 2.20 bits per heavy atom. The Balaban J connectivity index is 2.99. The predicted molar refractivity (Wildman–Crippen MR) is 77.6 cm³/mol. The highest BCUT2D eigenvalue weighted by atomic mass is 35.5. The molecule has 1 atom stereocenters. The molecule has 112 valence electrons. The van der Waals surface area contributed by atoms with Crippen LogP contribution in [-0.2, 0) is 14.8 Å². The normalized spacial score (nSPS) is 13.4. The average molecular weight is 340 g/mol. The number of hydrogen-bond donors (Lipinski definition) is 2. The highest BCUT2D eigenvalue weighted by Gasteiger charge is 2.26. The molecule has 0 fully saturated rings. The van der Waals surface area contributed by atoms with Crippen LogP contribution in [0.15, 0.2) is 23.1 Å². The maximum atomic E-state index is 12.2. The maximum absolute atomic E-state index is 12.2. The summed E-state index contributed by atoms with van der Waals surface area (Å²) in [5.74, 6) is -2.10. The van der Waals surface area contributed by atoms with Crippen LogP contribution in [0.5, 0.6) is 0 Å². The fraction of sp³-hybridized carbons (Fsp3) is 0.417. The molecule has 1 unspecified atom stereocenters. The third-order valence-electron chi connectivity index (χ3n) is 2.80. The summed E-state index contributed by atoms with van der Waals surface area (Å²) in [5.41, 5.74) is 0. The lowest BCUT2D eigenvalue weighted by atomic mass is 9.97. The van der Waals surface area contributed by atoms with Crippen molar-refractivity contribution in [3.8, 4) is 0 Å². The first kappa shape index (κ1) is 17.2. The van der Waals surface area contributed by atoms with Crippen LogP contribution in [0.1, 0.15) is 13.8 Å². The van der Waals surface area contributed by atoms with E-state index in [1.807, 2.05) is 0 Å². The molecule has 0 saturated heterocycles. The summed E-state index contributed by atoms with van der Waals surface area (Å²) < 4.78 is 26.5. The van der Waals surface area contributed by atoms with E-state index in [0.717, 1.165) is 0 Å². The van der Waals surface area contributed by atoms with E-state index in [2.05, 4.69) is 4.72 Å². The predicted octanol–water partition coefficient (Wildman–Crippen LogP) is 2.63. The monoisotopic (exact) mass is 339 g/mol. The Morgan fingerprint density at radius 1 is 1.30 bits per heavy atom. The van der Waals surface area contributed by atoms with Gasteiger partial charge in [0.1, 0.15) is 4.90 Å². The first-order chi connectivity index (χ1) is 9.16. The third-order valence-corrected chi connectivity index (χ3v) is 5.18. The van der Waals surface area contributed by atoms with Gasteiger partial charge in [0, 0.05) is 6.54 Å². The van der Waals surface area contributed by atoms with Crippen LogP contribution in [0, 0.1) is 11.8 Å². The Labute approximate surface area is 127 Å². The minimum absolute atomic E-state index is 0.0126. The number of carbonyl (C=O) groups is 1. The minimum atomic E-state index is -3.96. The molecule has 1 rings (SSSR count). The van der Waals surface area contributed by atoms with Gasteiger partial charge in [-0.05, 0) is 18.1 Å². The van der Waals surface area contributed by atoms with Crippen molar-refractivity contribution in [2.45, 2.75) is 18.7 Å². The number of nitrogens with one attached hydrogen (secondary N) is 1. The van der Waals surface area contributed by atoms with Gasteiger partial charge in [-0.15, -0.1) is 0 Å². The van der Waals surface area contributed by atoms with Gasteiger partial charge >= 0.3 is 5.97 Å². The number of hydrogen-bond acceptors (Lipinski definition) is 3. The van der Waals surface area contributed by atoms with Gasteiger partial charge in [0.25, 0.3) is 0 Å². The van der Waals surface area contributed by atoms with E-state index in [1.165, 1.54) is 18.2 Å². The summed E-state index contributed by atoms with van der Waals surface area (Å²) in [7, 11) is -3.96. The second-order valence-corrected chi connectivity index (χ2v) is 7.11. The molecule has 0 heterocycles. The second-order valence-electron chi connectivity index (χ2n) is 4.59. The molecule has 5 nitrogen and oxygen atoms in total. The lowest BCUT2D eigenvalue weighted by molar-refractivity contribution is -0.142. The molecule has 0 amide bonds. The number of carboxylic acids is 1. The van der Waals surface area contributed by atoms with Crippen molar-refractivity contribution in [3.05, 3.63) is 28.2 Å². The van der Waals surface area contributed by atoms with Crippen molar-refractivity contribution in [1.82, 2.24) is 4.72 Å². The highest BCUT2D eigenvalue weighted by Crippen LogP contribution is 2.28. The summed E-state index contributed by atoms with van der Waals surface area (Å²) in [5, 5.41) is 9.01. The Morgan fingerprint density at radius 2 is 1.80 bits per heavy atom. The lowest BCUT2D eigenvalue weighted by Crippen LogP contribution is -2.35. The zero-order valence-corrected chi connectivity index (χ0v) is 13.3. The smallest absolute Gasteiger partial charge is 0.308 e. The molecular formula is C12H15Cl2NO4S. The van der Waals surface area contributed by atoms with Crippen molar-refractivity contribution in [3.63, 3.8) is 0 Å². The van der Waals surface area contributed by atoms with E-state index in [1.54, 1.807) is 13.8 Å². The fourth-order valence-corrected chi connectivity index (χ4v) is 3.82. The molecule has 0 aliphatic carbocycles. The topological polar surface area (TPSA) is 83.5 Å². The Kier molecular flexibility index (Phi) is 5.82. The van der Waals surface area contributed by atoms with Gasteiger partial charge in [0.05, 0.1) is 16.0 Å². The van der Waals surface area contributed by atoms with Crippen LogP contribution >= 0.6 is 23.2 Å². The van der Waals surface area contributed by atoms with Crippen LogP contribution in [0.4, 0.5) is 0 Å². The molecule has 0 bridgehead atoms. The van der Waals surface area contributed by atoms with Crippen LogP contribution < -0.4 is 4.72 Å². The maximum Gasteiger partial charge on any atom is 0.308 e. The molecule has 0 aliphatic heterocycles. The van der Waals surface area contributed by atoms with Crippen LogP contribution in [-0.4, -0.2) is 26.0 Å². The molecule has 0 spiro atoms. The van der Waals surface area contributed by atoms with E-state index < -0.39 is 21.9 Å². The standard InChI is InChI=1S/C12H15Cl2NO4S/c1-7(2)8(12(16)17)6-15-20(18,19)11-9(13)4-3-5-10(11)14/h3-5,7-8,15H,6H2,1-2H3,(H,16,17). The van der Waals surface area contributed by atoms with Gasteiger partial charge < -0.3 is 5.11 Å². The second kappa shape index (κ2) is 6.76. The minimum Gasteiger partial charge on any atom is -0.481 e. The number of sulfonamides is 1. The fourth-order valence-electron chi connectivity index (χ4n) is 1.62. The van der Waals surface area contributed by atoms with Crippen molar-refractivity contribution in [2.75, 3.05) is 6.54 Å². The van der Waals surface area contributed by atoms with Crippen molar-refractivity contribution in [1.29, 1.82) is 0 Å². The number of benzene rings is 1. The molecule has 0 radical (unpaired) electrons. The molecule has 2 N–H and O–H groups in total. The van der Waals surface area contributed by atoms with Gasteiger partial charge in [-0.1, -0.05) is 43.1 Å². The van der Waals surface area contributed by atoms with Crippen molar-refractivity contribution < 1.29 is 18.3 Å². The zero-order chi connectivity index (χ0) is 15.5. The Bertz CT molecular complexity index is 581. The van der Waals surface area contributed by atoms with Gasteiger partial charge in [0.15, 0.2) is 0 Å². The number of rotatable bonds is 6. The van der Waals surface area contributed by atoms with Gasteiger partial charge in [-0.3, -0.25) is 4.79 Å². The summed E-state index contributed by atoms with van der Waals surface area (Å²) in [6.07, 6.45) is 0. The zero-order valence-electron chi connectivity index (χ0n) is 10.9. The molecule has 8 heteroatoms. The average Bonchev–Trinajstić information content (AvgIpc) is 2.26. The summed E-state index contributed by atoms with van der Waals surface area (Å²) >= 11 is 11.7. The first-order valence-corrected chi connectivity index (χ1v) is 8.07. The van der Waals surface area contributed by atoms with E-state index in [4.69, 9.17) is 28.3 Å². The summed E-state index contributed by atoms with van der Waals surface area (Å²) in [4.78, 5) is 10.8. The molecular weight excluding hydrogens is 325 g/mol. The van der Waals surface area contributed by atoms with Crippen LogP contribution in [0.25, 0.3) is 0 Å². The first-order valence-electron chi connectivity index (χ1n) is 5.83. The van der Waals surface area contributed by atoms with E-state index >= 15 is 0 Å². The highest BCUT2D eigenvalue weighted by molar-refractivity contribution is 7.89. The molecule has 0 aliphatic rings. The number of halogens is 2. The number of aliphatic carboxylic acids is 1. The quantitative estimate of drug-likeness (QED) is 0.834. The summed E-state index contributed by atoms with van der Waals surface area (Å²) in [6, 6.07) is 4.33. The third kappa shape index (κ3) is 4.09. The van der Waals surface area contributed by atoms with E-state index in [-0.39, 0.29) is 27.4 Å². The SMILES string of the molecule is CC(C)C(CNS(=O)(=O)c1c(Cl)cccc1Cl)C(=O)O. The van der Waals surface area contributed by atoms with Gasteiger partial charge in [-0.25, -0.2) is 13.1 Å². The van der Waals surface area contributed by atoms with Crippen LogP contribution in [0.2, 0.25) is 10.0 Å². The molecule has 0 aromatic heterocycles. The van der Waals surface area contributed by atoms with Gasteiger partial charge in [0.2, 0.25) is 10.0 Å². The molecule has 1 aromatic rings. The van der Waals surface area contributed by atoms with Crippen molar-refractivity contribution >= 4 is 39.2 Å². The molecule has 1 aromatic carbocycles. The molecule has 20 heavy (non-hydrogen) atoms. The molecule has 0 saturated carbocycles.